The molecular weight excluding hydrogens is 308 g/mol. The molecule has 1 aromatic carbocycles. The largest absolute Gasteiger partial charge is 0.274 e. The second-order valence-electron chi connectivity index (χ2n) is 5.02. The molecule has 2 aromatic heterocycles. The van der Waals surface area contributed by atoms with E-state index in [0.29, 0.717) is 6.54 Å². The molecule has 0 saturated heterocycles. The highest BCUT2D eigenvalue weighted by atomic mass is 32.1. The molecule has 0 fully saturated rings. The number of rotatable bonds is 5. The number of thiophene rings is 1. The standard InChI is InChI=1S/C17H16N4OS/c1-13(22)19-18-10-15-12-21(11-14-6-3-2-4-7-14)20-17(15)16-8-5-9-23-16/h2-10,12H,11H2,1H3,(H,19,22)/b18-10-. The predicted molar refractivity (Wildman–Crippen MR) is 92.5 cm³/mol. The van der Waals surface area contributed by atoms with E-state index < -0.39 is 0 Å². The van der Waals surface area contributed by atoms with Crippen molar-refractivity contribution in [3.8, 4) is 10.6 Å². The van der Waals surface area contributed by atoms with Gasteiger partial charge in [0.2, 0.25) is 5.91 Å². The molecule has 0 radical (unpaired) electrons. The fourth-order valence-electron chi connectivity index (χ4n) is 2.18. The average Bonchev–Trinajstić information content (AvgIpc) is 3.17. The van der Waals surface area contributed by atoms with E-state index in [4.69, 9.17) is 0 Å². The lowest BCUT2D eigenvalue weighted by molar-refractivity contribution is -0.118. The third kappa shape index (κ3) is 3.92. The van der Waals surface area contributed by atoms with Crippen molar-refractivity contribution in [1.82, 2.24) is 15.2 Å². The molecule has 0 saturated carbocycles. The van der Waals surface area contributed by atoms with Gasteiger partial charge in [-0.15, -0.1) is 11.3 Å². The van der Waals surface area contributed by atoms with E-state index in [0.717, 1.165) is 16.1 Å². The second kappa shape index (κ2) is 7.02. The van der Waals surface area contributed by atoms with Gasteiger partial charge in [-0.2, -0.15) is 10.2 Å². The molecule has 0 aliphatic rings. The van der Waals surface area contributed by atoms with Crippen molar-refractivity contribution >= 4 is 23.5 Å². The van der Waals surface area contributed by atoms with Crippen molar-refractivity contribution < 1.29 is 4.79 Å². The Morgan fingerprint density at radius 1 is 1.30 bits per heavy atom. The Kier molecular flexibility index (Phi) is 4.63. The van der Waals surface area contributed by atoms with Gasteiger partial charge in [-0.05, 0) is 17.0 Å². The molecule has 116 valence electrons. The maximum atomic E-state index is 11.0. The van der Waals surface area contributed by atoms with Crippen LogP contribution in [0, 0.1) is 0 Å². The van der Waals surface area contributed by atoms with E-state index in [1.807, 2.05) is 46.6 Å². The summed E-state index contributed by atoms with van der Waals surface area (Å²) in [6.45, 7) is 2.11. The first-order valence-corrected chi connectivity index (χ1v) is 8.05. The highest BCUT2D eigenvalue weighted by molar-refractivity contribution is 7.13. The number of hydrogen-bond acceptors (Lipinski definition) is 4. The molecule has 3 aromatic rings. The van der Waals surface area contributed by atoms with Crippen molar-refractivity contribution in [3.63, 3.8) is 0 Å². The van der Waals surface area contributed by atoms with Gasteiger partial charge in [0.05, 0.1) is 17.6 Å². The van der Waals surface area contributed by atoms with Crippen LogP contribution < -0.4 is 5.43 Å². The quantitative estimate of drug-likeness (QED) is 0.579. The van der Waals surface area contributed by atoms with E-state index in [-0.39, 0.29) is 5.91 Å². The SMILES string of the molecule is CC(=O)N/N=C\c1cn(Cc2ccccc2)nc1-c1cccs1. The summed E-state index contributed by atoms with van der Waals surface area (Å²) in [6.07, 6.45) is 3.57. The minimum Gasteiger partial charge on any atom is -0.274 e. The zero-order valence-corrected chi connectivity index (χ0v) is 13.5. The molecule has 1 N–H and O–H groups in total. The van der Waals surface area contributed by atoms with Gasteiger partial charge in [-0.25, -0.2) is 5.43 Å². The van der Waals surface area contributed by atoms with Crippen LogP contribution in [0.5, 0.6) is 0 Å². The van der Waals surface area contributed by atoms with Crippen LogP contribution in [0.1, 0.15) is 18.1 Å². The Morgan fingerprint density at radius 3 is 2.83 bits per heavy atom. The summed E-state index contributed by atoms with van der Waals surface area (Å²) in [5.74, 6) is -0.199. The van der Waals surface area contributed by atoms with Crippen LogP contribution in [0.15, 0.2) is 59.1 Å². The van der Waals surface area contributed by atoms with Gasteiger partial charge in [0, 0.05) is 18.7 Å². The van der Waals surface area contributed by atoms with Crippen LogP contribution in [-0.4, -0.2) is 21.9 Å². The maximum absolute atomic E-state index is 11.0. The number of carbonyl (C=O) groups excluding carboxylic acids is 1. The summed E-state index contributed by atoms with van der Waals surface area (Å²) in [4.78, 5) is 12.0. The van der Waals surface area contributed by atoms with Gasteiger partial charge in [0.15, 0.2) is 0 Å². The molecule has 0 spiro atoms. The van der Waals surface area contributed by atoms with Gasteiger partial charge < -0.3 is 0 Å². The molecule has 5 nitrogen and oxygen atoms in total. The van der Waals surface area contributed by atoms with Gasteiger partial charge in [0.25, 0.3) is 0 Å². The summed E-state index contributed by atoms with van der Waals surface area (Å²) in [6, 6.07) is 14.2. The fraction of sp³-hybridized carbons (Fsp3) is 0.118. The molecule has 0 atom stereocenters. The smallest absolute Gasteiger partial charge is 0.236 e. The van der Waals surface area contributed by atoms with Crippen LogP contribution in [-0.2, 0) is 11.3 Å². The molecule has 3 rings (SSSR count). The summed E-state index contributed by atoms with van der Waals surface area (Å²) in [7, 11) is 0. The van der Waals surface area contributed by atoms with Crippen LogP contribution in [0.25, 0.3) is 10.6 Å². The van der Waals surface area contributed by atoms with E-state index in [1.54, 1.807) is 17.6 Å². The number of carbonyl (C=O) groups is 1. The fourth-order valence-corrected chi connectivity index (χ4v) is 2.91. The molecule has 6 heteroatoms. The van der Waals surface area contributed by atoms with Gasteiger partial charge in [0.1, 0.15) is 5.69 Å². The summed E-state index contributed by atoms with van der Waals surface area (Å²) in [5, 5.41) is 10.6. The van der Waals surface area contributed by atoms with Gasteiger partial charge >= 0.3 is 0 Å². The molecule has 0 aliphatic carbocycles. The summed E-state index contributed by atoms with van der Waals surface area (Å²) in [5.41, 5.74) is 5.34. The molecule has 23 heavy (non-hydrogen) atoms. The lowest BCUT2D eigenvalue weighted by Crippen LogP contribution is -2.12. The van der Waals surface area contributed by atoms with E-state index >= 15 is 0 Å². The van der Waals surface area contributed by atoms with E-state index in [9.17, 15) is 4.79 Å². The van der Waals surface area contributed by atoms with Gasteiger partial charge in [-0.1, -0.05) is 36.4 Å². The normalized spacial score (nSPS) is 11.0. The van der Waals surface area contributed by atoms with Crippen LogP contribution in [0.4, 0.5) is 0 Å². The number of amides is 1. The Labute approximate surface area is 138 Å². The maximum Gasteiger partial charge on any atom is 0.236 e. The highest BCUT2D eigenvalue weighted by Gasteiger charge is 2.11. The summed E-state index contributed by atoms with van der Waals surface area (Å²) >= 11 is 1.62. The van der Waals surface area contributed by atoms with Crippen LogP contribution in [0.2, 0.25) is 0 Å². The minimum absolute atomic E-state index is 0.199. The Hall–Kier alpha value is -2.73. The van der Waals surface area contributed by atoms with Crippen molar-refractivity contribution in [2.75, 3.05) is 0 Å². The first-order chi connectivity index (χ1) is 11.2. The van der Waals surface area contributed by atoms with Crippen molar-refractivity contribution in [3.05, 3.63) is 65.2 Å². The average molecular weight is 324 g/mol. The van der Waals surface area contributed by atoms with Crippen LogP contribution >= 0.6 is 11.3 Å². The number of benzene rings is 1. The number of hydrogen-bond donors (Lipinski definition) is 1. The van der Waals surface area contributed by atoms with Crippen LogP contribution in [0.3, 0.4) is 0 Å². The summed E-state index contributed by atoms with van der Waals surface area (Å²) < 4.78 is 1.89. The third-order valence-corrected chi connectivity index (χ3v) is 4.03. The lowest BCUT2D eigenvalue weighted by Gasteiger charge is -2.00. The van der Waals surface area contributed by atoms with Crippen molar-refractivity contribution in [2.24, 2.45) is 5.10 Å². The van der Waals surface area contributed by atoms with Crippen molar-refractivity contribution in [1.29, 1.82) is 0 Å². The van der Waals surface area contributed by atoms with Gasteiger partial charge in [-0.3, -0.25) is 9.48 Å². The number of aromatic nitrogens is 2. The Bertz CT molecular complexity index is 807. The predicted octanol–water partition coefficient (Wildman–Crippen LogP) is 3.13. The molecule has 1 amide bonds. The zero-order valence-electron chi connectivity index (χ0n) is 12.6. The Balaban J connectivity index is 1.90. The second-order valence-corrected chi connectivity index (χ2v) is 5.97. The third-order valence-electron chi connectivity index (χ3n) is 3.16. The minimum atomic E-state index is -0.199. The first kappa shape index (κ1) is 15.2. The highest BCUT2D eigenvalue weighted by Crippen LogP contribution is 2.26. The number of nitrogens with zero attached hydrogens (tertiary/aromatic N) is 3. The number of hydrazone groups is 1. The topological polar surface area (TPSA) is 59.3 Å². The Morgan fingerprint density at radius 2 is 2.13 bits per heavy atom. The molecule has 0 bridgehead atoms. The first-order valence-electron chi connectivity index (χ1n) is 7.17. The van der Waals surface area contributed by atoms with E-state index in [1.165, 1.54) is 12.5 Å². The van der Waals surface area contributed by atoms with E-state index in [2.05, 4.69) is 27.8 Å². The monoisotopic (exact) mass is 324 g/mol. The molecular formula is C17H16N4OS. The molecule has 2 heterocycles. The zero-order chi connectivity index (χ0) is 16.1. The lowest BCUT2D eigenvalue weighted by atomic mass is 10.2. The number of nitrogens with one attached hydrogen (secondary N) is 1. The molecule has 0 unspecified atom stereocenters. The molecule has 0 aliphatic heterocycles. The van der Waals surface area contributed by atoms with Crippen molar-refractivity contribution in [2.45, 2.75) is 13.5 Å².